The van der Waals surface area contributed by atoms with Crippen molar-refractivity contribution in [3.8, 4) is 11.3 Å². The summed E-state index contributed by atoms with van der Waals surface area (Å²) in [4.78, 5) is 18.2. The summed E-state index contributed by atoms with van der Waals surface area (Å²) >= 11 is 3.10. The van der Waals surface area contributed by atoms with Crippen molar-refractivity contribution in [2.45, 2.75) is 6.61 Å². The van der Waals surface area contributed by atoms with E-state index in [4.69, 9.17) is 4.74 Å². The predicted molar refractivity (Wildman–Crippen MR) is 68.7 cm³/mol. The van der Waals surface area contributed by atoms with Gasteiger partial charge in [0.05, 0.1) is 10.2 Å². The van der Waals surface area contributed by atoms with E-state index in [9.17, 15) is 9.18 Å². The maximum atomic E-state index is 13.9. The molecule has 0 unspecified atom stereocenters. The van der Waals surface area contributed by atoms with Gasteiger partial charge in [-0.05, 0) is 28.1 Å². The average molecular weight is 313 g/mol. The molecule has 0 aliphatic rings. The summed E-state index contributed by atoms with van der Waals surface area (Å²) in [6, 6.07) is 6.09. The number of ether oxygens (including phenoxy) is 1. The predicted octanol–water partition coefficient (Wildman–Crippen LogP) is 2.48. The fraction of sp³-hybridized carbons (Fsp3) is 0.167. The number of nitrogens with zero attached hydrogens (tertiary/aromatic N) is 1. The zero-order valence-electron chi connectivity index (χ0n) is 9.54. The van der Waals surface area contributed by atoms with Gasteiger partial charge in [-0.1, -0.05) is 6.07 Å². The molecule has 0 amide bonds. The van der Waals surface area contributed by atoms with E-state index in [-0.39, 0.29) is 23.4 Å². The second-order valence-electron chi connectivity index (χ2n) is 3.61. The molecule has 0 spiro atoms. The van der Waals surface area contributed by atoms with E-state index in [0.717, 1.165) is 0 Å². The van der Waals surface area contributed by atoms with Gasteiger partial charge in [0.1, 0.15) is 18.2 Å². The number of hydrogen-bond donors (Lipinski definition) is 1. The highest BCUT2D eigenvalue weighted by Crippen LogP contribution is 2.25. The molecule has 0 saturated carbocycles. The van der Waals surface area contributed by atoms with Crippen LogP contribution in [0.4, 0.5) is 4.39 Å². The maximum absolute atomic E-state index is 13.9. The number of hydrogen-bond acceptors (Lipinski definition) is 3. The second-order valence-corrected chi connectivity index (χ2v) is 4.47. The Morgan fingerprint density at radius 3 is 3.00 bits per heavy atom. The molecule has 0 aliphatic heterocycles. The molecule has 1 aromatic heterocycles. The molecule has 4 nitrogen and oxygen atoms in total. The van der Waals surface area contributed by atoms with Crippen molar-refractivity contribution >= 4 is 15.9 Å². The van der Waals surface area contributed by atoms with Crippen molar-refractivity contribution in [2.75, 3.05) is 7.11 Å². The molecule has 1 heterocycles. The molecule has 0 fully saturated rings. The van der Waals surface area contributed by atoms with Crippen molar-refractivity contribution in [3.05, 3.63) is 50.7 Å². The molecule has 0 bridgehead atoms. The molecule has 6 heteroatoms. The Morgan fingerprint density at radius 1 is 1.50 bits per heavy atom. The van der Waals surface area contributed by atoms with Crippen molar-refractivity contribution in [1.29, 1.82) is 0 Å². The fourth-order valence-corrected chi connectivity index (χ4v) is 1.92. The Balaban J connectivity index is 2.56. The van der Waals surface area contributed by atoms with Crippen LogP contribution in [0.5, 0.6) is 0 Å². The standard InChI is InChI=1S/C12H10BrFN2O2/c1-18-6-10-15-9(5-11(17)16-10)7-3-2-4-8(13)12(7)14/h2-5H,6H2,1H3,(H,15,16,17). The van der Waals surface area contributed by atoms with E-state index < -0.39 is 5.82 Å². The minimum absolute atomic E-state index is 0.165. The lowest BCUT2D eigenvalue weighted by Gasteiger charge is -2.05. The van der Waals surface area contributed by atoms with Gasteiger partial charge in [0.2, 0.25) is 0 Å². The fourth-order valence-electron chi connectivity index (χ4n) is 1.55. The molecule has 0 radical (unpaired) electrons. The first-order valence-corrected chi connectivity index (χ1v) is 5.94. The molecule has 2 rings (SSSR count). The summed E-state index contributed by atoms with van der Waals surface area (Å²) in [5.74, 6) is -0.0849. The van der Waals surface area contributed by atoms with Gasteiger partial charge in [0.25, 0.3) is 5.56 Å². The van der Waals surface area contributed by atoms with Crippen LogP contribution in [0.3, 0.4) is 0 Å². The summed E-state index contributed by atoms with van der Waals surface area (Å²) in [5, 5.41) is 0. The van der Waals surface area contributed by atoms with Crippen molar-refractivity contribution < 1.29 is 9.13 Å². The third-order valence-electron chi connectivity index (χ3n) is 2.30. The van der Waals surface area contributed by atoms with Crippen LogP contribution in [-0.2, 0) is 11.3 Å². The minimum atomic E-state index is -0.445. The first kappa shape index (κ1) is 12.9. The summed E-state index contributed by atoms with van der Waals surface area (Å²) in [6.07, 6.45) is 0. The van der Waals surface area contributed by atoms with Crippen LogP contribution in [-0.4, -0.2) is 17.1 Å². The minimum Gasteiger partial charge on any atom is -0.377 e. The molecule has 1 N–H and O–H groups in total. The number of H-pyrrole nitrogens is 1. The molecular weight excluding hydrogens is 303 g/mol. The molecule has 0 atom stereocenters. The van der Waals surface area contributed by atoms with Gasteiger partial charge in [-0.25, -0.2) is 9.37 Å². The number of benzene rings is 1. The lowest BCUT2D eigenvalue weighted by atomic mass is 10.1. The normalized spacial score (nSPS) is 10.6. The van der Waals surface area contributed by atoms with Crippen LogP contribution in [0.15, 0.2) is 33.5 Å². The van der Waals surface area contributed by atoms with E-state index in [0.29, 0.717) is 10.3 Å². The molecule has 18 heavy (non-hydrogen) atoms. The number of aromatic amines is 1. The Bertz CT molecular complexity index is 628. The second kappa shape index (κ2) is 5.41. The van der Waals surface area contributed by atoms with E-state index >= 15 is 0 Å². The Morgan fingerprint density at radius 2 is 2.28 bits per heavy atom. The molecule has 0 aliphatic carbocycles. The highest BCUT2D eigenvalue weighted by molar-refractivity contribution is 9.10. The van der Waals surface area contributed by atoms with Gasteiger partial charge in [-0.15, -0.1) is 0 Å². The third-order valence-corrected chi connectivity index (χ3v) is 2.91. The van der Waals surface area contributed by atoms with Gasteiger partial charge in [-0.2, -0.15) is 0 Å². The van der Waals surface area contributed by atoms with Crippen LogP contribution >= 0.6 is 15.9 Å². The van der Waals surface area contributed by atoms with Crippen molar-refractivity contribution in [3.63, 3.8) is 0 Å². The summed E-state index contributed by atoms with van der Waals surface area (Å²) in [6.45, 7) is 0.165. The largest absolute Gasteiger partial charge is 0.377 e. The van der Waals surface area contributed by atoms with Crippen molar-refractivity contribution in [1.82, 2.24) is 9.97 Å². The first-order valence-electron chi connectivity index (χ1n) is 5.15. The number of halogens is 2. The number of aromatic nitrogens is 2. The van der Waals surface area contributed by atoms with E-state index in [1.807, 2.05) is 0 Å². The van der Waals surface area contributed by atoms with Gasteiger partial charge in [0, 0.05) is 18.7 Å². The smallest absolute Gasteiger partial charge is 0.251 e. The zero-order valence-corrected chi connectivity index (χ0v) is 11.1. The number of rotatable bonds is 3. The highest BCUT2D eigenvalue weighted by atomic mass is 79.9. The van der Waals surface area contributed by atoms with Gasteiger partial charge in [-0.3, -0.25) is 4.79 Å². The van der Waals surface area contributed by atoms with Crippen LogP contribution in [0, 0.1) is 5.82 Å². The van der Waals surface area contributed by atoms with Crippen LogP contribution < -0.4 is 5.56 Å². The molecule has 1 aromatic carbocycles. The quantitative estimate of drug-likeness (QED) is 0.947. The number of methoxy groups -OCH3 is 1. The lowest BCUT2D eigenvalue weighted by Crippen LogP contribution is -2.12. The number of nitrogens with one attached hydrogen (secondary N) is 1. The molecule has 0 saturated heterocycles. The van der Waals surface area contributed by atoms with Gasteiger partial charge < -0.3 is 9.72 Å². The summed E-state index contributed by atoms with van der Waals surface area (Å²) in [5.41, 5.74) is 0.212. The maximum Gasteiger partial charge on any atom is 0.251 e. The zero-order chi connectivity index (χ0) is 13.1. The van der Waals surface area contributed by atoms with Crippen LogP contribution in [0.25, 0.3) is 11.3 Å². The van der Waals surface area contributed by atoms with Gasteiger partial charge in [0.15, 0.2) is 0 Å². The van der Waals surface area contributed by atoms with Crippen LogP contribution in [0.1, 0.15) is 5.82 Å². The Kier molecular flexibility index (Phi) is 3.88. The monoisotopic (exact) mass is 312 g/mol. The van der Waals surface area contributed by atoms with Crippen molar-refractivity contribution in [2.24, 2.45) is 0 Å². The SMILES string of the molecule is COCc1nc(-c2cccc(Br)c2F)cc(=O)[nH]1. The van der Waals surface area contributed by atoms with E-state index in [1.165, 1.54) is 13.2 Å². The molecule has 2 aromatic rings. The topological polar surface area (TPSA) is 55.0 Å². The van der Waals surface area contributed by atoms with E-state index in [1.54, 1.807) is 18.2 Å². The molecule has 94 valence electrons. The Labute approximate surface area is 111 Å². The third kappa shape index (κ3) is 2.65. The first-order chi connectivity index (χ1) is 8.61. The summed E-state index contributed by atoms with van der Waals surface area (Å²) < 4.78 is 19.1. The van der Waals surface area contributed by atoms with E-state index in [2.05, 4.69) is 25.9 Å². The summed E-state index contributed by atoms with van der Waals surface area (Å²) in [7, 11) is 1.49. The highest BCUT2D eigenvalue weighted by Gasteiger charge is 2.11. The molecular formula is C12H10BrFN2O2. The Hall–Kier alpha value is -1.53. The van der Waals surface area contributed by atoms with Crippen LogP contribution in [0.2, 0.25) is 0 Å². The average Bonchev–Trinajstić information content (AvgIpc) is 2.32. The van der Waals surface area contributed by atoms with Gasteiger partial charge >= 0.3 is 0 Å². The lowest BCUT2D eigenvalue weighted by molar-refractivity contribution is 0.177.